The zero-order valence-electron chi connectivity index (χ0n) is 12.0. The van der Waals surface area contributed by atoms with Gasteiger partial charge >= 0.3 is 0 Å². The molecular formula is C15H21ClN2O2. The van der Waals surface area contributed by atoms with Crippen molar-refractivity contribution < 1.29 is 9.53 Å². The molecule has 0 saturated carbocycles. The minimum Gasteiger partial charge on any atom is -0.382 e. The number of hydrogen-bond donors (Lipinski definition) is 1. The van der Waals surface area contributed by atoms with Gasteiger partial charge in [0.1, 0.15) is 0 Å². The van der Waals surface area contributed by atoms with Crippen LogP contribution in [0.25, 0.3) is 0 Å². The molecule has 0 aliphatic carbocycles. The summed E-state index contributed by atoms with van der Waals surface area (Å²) in [4.78, 5) is 13.2. The summed E-state index contributed by atoms with van der Waals surface area (Å²) in [6.07, 6.45) is 1.91. The van der Waals surface area contributed by atoms with Crippen LogP contribution in [0, 0.1) is 0 Å². The van der Waals surface area contributed by atoms with Gasteiger partial charge in [-0.3, -0.25) is 4.79 Å². The molecule has 1 aliphatic rings. The lowest BCUT2D eigenvalue weighted by Gasteiger charge is -2.32. The van der Waals surface area contributed by atoms with Crippen molar-refractivity contribution in [3.63, 3.8) is 0 Å². The minimum absolute atomic E-state index is 0.159. The van der Waals surface area contributed by atoms with Crippen molar-refractivity contribution in [2.75, 3.05) is 25.5 Å². The van der Waals surface area contributed by atoms with Gasteiger partial charge in [0.05, 0.1) is 6.61 Å². The zero-order valence-corrected chi connectivity index (χ0v) is 12.7. The van der Waals surface area contributed by atoms with Gasteiger partial charge < -0.3 is 15.0 Å². The van der Waals surface area contributed by atoms with Crippen molar-refractivity contribution in [2.24, 2.45) is 0 Å². The summed E-state index contributed by atoms with van der Waals surface area (Å²) in [5.41, 5.74) is 2.02. The molecule has 0 atom stereocenters. The maximum atomic E-state index is 11.3. The van der Waals surface area contributed by atoms with Gasteiger partial charge in [-0.15, -0.1) is 0 Å². The predicted octanol–water partition coefficient (Wildman–Crippen LogP) is 2.91. The number of ether oxygens (including phenoxy) is 1. The maximum absolute atomic E-state index is 11.3. The Morgan fingerprint density at radius 3 is 2.75 bits per heavy atom. The quantitative estimate of drug-likeness (QED) is 0.929. The van der Waals surface area contributed by atoms with E-state index in [-0.39, 0.29) is 5.91 Å². The van der Waals surface area contributed by atoms with Gasteiger partial charge in [-0.25, -0.2) is 0 Å². The van der Waals surface area contributed by atoms with Crippen molar-refractivity contribution in [3.05, 3.63) is 28.8 Å². The number of methoxy groups -OCH3 is 1. The van der Waals surface area contributed by atoms with Gasteiger partial charge in [0, 0.05) is 49.4 Å². The molecule has 5 heteroatoms. The molecule has 4 nitrogen and oxygen atoms in total. The van der Waals surface area contributed by atoms with Crippen molar-refractivity contribution in [1.29, 1.82) is 0 Å². The molecule has 2 rings (SSSR count). The molecule has 1 aromatic rings. The van der Waals surface area contributed by atoms with E-state index in [2.05, 4.69) is 5.32 Å². The standard InChI is InChI=1S/C15H21ClN2O2/c1-11(19)18-8-6-12(7-9-18)17-15-5-3-4-14(16)13(15)10-20-2/h3-5,12,17H,6-10H2,1-2H3. The molecule has 1 amide bonds. The second kappa shape index (κ2) is 6.95. The summed E-state index contributed by atoms with van der Waals surface area (Å²) >= 11 is 6.22. The Morgan fingerprint density at radius 2 is 2.15 bits per heavy atom. The number of piperidine rings is 1. The third-order valence-electron chi connectivity index (χ3n) is 3.71. The summed E-state index contributed by atoms with van der Waals surface area (Å²) in [6, 6.07) is 6.21. The van der Waals surface area contributed by atoms with Crippen LogP contribution in [0.2, 0.25) is 5.02 Å². The summed E-state index contributed by atoms with van der Waals surface area (Å²) in [7, 11) is 1.67. The lowest BCUT2D eigenvalue weighted by atomic mass is 10.0. The van der Waals surface area contributed by atoms with E-state index in [9.17, 15) is 4.79 Å². The first kappa shape index (κ1) is 15.1. The van der Waals surface area contributed by atoms with Crippen LogP contribution in [0.5, 0.6) is 0 Å². The molecule has 0 spiro atoms. The van der Waals surface area contributed by atoms with Gasteiger partial charge in [0.25, 0.3) is 0 Å². The molecule has 20 heavy (non-hydrogen) atoms. The van der Waals surface area contributed by atoms with Crippen LogP contribution in [-0.4, -0.2) is 37.0 Å². The Kier molecular flexibility index (Phi) is 5.26. The molecular weight excluding hydrogens is 276 g/mol. The number of anilines is 1. The number of rotatable bonds is 4. The highest BCUT2D eigenvalue weighted by Crippen LogP contribution is 2.27. The summed E-state index contributed by atoms with van der Waals surface area (Å²) in [5, 5.41) is 4.25. The first-order chi connectivity index (χ1) is 9.61. The number of carbonyl (C=O) groups excluding carboxylic acids is 1. The second-order valence-electron chi connectivity index (χ2n) is 5.12. The van der Waals surface area contributed by atoms with Crippen LogP contribution in [0.4, 0.5) is 5.69 Å². The third-order valence-corrected chi connectivity index (χ3v) is 4.06. The van der Waals surface area contributed by atoms with E-state index >= 15 is 0 Å². The maximum Gasteiger partial charge on any atom is 0.219 e. The van der Waals surface area contributed by atoms with Crippen molar-refractivity contribution >= 4 is 23.2 Å². The Morgan fingerprint density at radius 1 is 1.45 bits per heavy atom. The average Bonchev–Trinajstić information content (AvgIpc) is 2.43. The van der Waals surface area contributed by atoms with Gasteiger partial charge in [-0.05, 0) is 25.0 Å². The number of benzene rings is 1. The first-order valence-corrected chi connectivity index (χ1v) is 7.28. The summed E-state index contributed by atoms with van der Waals surface area (Å²) in [6.45, 7) is 3.75. The molecule has 1 N–H and O–H groups in total. The van der Waals surface area contributed by atoms with Crippen molar-refractivity contribution in [3.8, 4) is 0 Å². The van der Waals surface area contributed by atoms with E-state index in [4.69, 9.17) is 16.3 Å². The number of amides is 1. The van der Waals surface area contributed by atoms with E-state index in [0.717, 1.165) is 42.2 Å². The molecule has 110 valence electrons. The number of likely N-dealkylation sites (tertiary alicyclic amines) is 1. The normalized spacial score (nSPS) is 16.2. The Bertz CT molecular complexity index is 471. The van der Waals surface area contributed by atoms with Crippen LogP contribution in [0.3, 0.4) is 0 Å². The molecule has 1 saturated heterocycles. The lowest BCUT2D eigenvalue weighted by molar-refractivity contribution is -0.129. The first-order valence-electron chi connectivity index (χ1n) is 6.90. The molecule has 1 aromatic carbocycles. The second-order valence-corrected chi connectivity index (χ2v) is 5.53. The minimum atomic E-state index is 0.159. The smallest absolute Gasteiger partial charge is 0.219 e. The van der Waals surface area contributed by atoms with Gasteiger partial charge in [-0.2, -0.15) is 0 Å². The topological polar surface area (TPSA) is 41.6 Å². The van der Waals surface area contributed by atoms with Crippen LogP contribution in [-0.2, 0) is 16.1 Å². The van der Waals surface area contributed by atoms with Crippen LogP contribution in [0.15, 0.2) is 18.2 Å². The molecule has 1 heterocycles. The number of halogens is 1. The molecule has 1 fully saturated rings. The largest absolute Gasteiger partial charge is 0.382 e. The average molecular weight is 297 g/mol. The zero-order chi connectivity index (χ0) is 14.5. The lowest BCUT2D eigenvalue weighted by Crippen LogP contribution is -2.41. The van der Waals surface area contributed by atoms with E-state index in [1.54, 1.807) is 14.0 Å². The number of carbonyl (C=O) groups is 1. The molecule has 0 radical (unpaired) electrons. The highest BCUT2D eigenvalue weighted by Gasteiger charge is 2.21. The fraction of sp³-hybridized carbons (Fsp3) is 0.533. The Balaban J connectivity index is 2.01. The molecule has 0 unspecified atom stereocenters. The van der Waals surface area contributed by atoms with Crippen molar-refractivity contribution in [2.45, 2.75) is 32.4 Å². The Labute approximate surface area is 125 Å². The summed E-state index contributed by atoms with van der Waals surface area (Å²) < 4.78 is 5.21. The van der Waals surface area contributed by atoms with E-state index in [0.29, 0.717) is 12.6 Å². The third kappa shape index (κ3) is 3.64. The fourth-order valence-corrected chi connectivity index (χ4v) is 2.77. The van der Waals surface area contributed by atoms with Gasteiger partial charge in [-0.1, -0.05) is 17.7 Å². The number of nitrogens with zero attached hydrogens (tertiary/aromatic N) is 1. The molecule has 0 bridgehead atoms. The molecule has 1 aliphatic heterocycles. The predicted molar refractivity (Wildman–Crippen MR) is 81.1 cm³/mol. The van der Waals surface area contributed by atoms with E-state index in [1.807, 2.05) is 23.1 Å². The molecule has 0 aromatic heterocycles. The fourth-order valence-electron chi connectivity index (χ4n) is 2.54. The summed E-state index contributed by atoms with van der Waals surface area (Å²) in [5.74, 6) is 0.159. The van der Waals surface area contributed by atoms with Crippen LogP contribution >= 0.6 is 11.6 Å². The van der Waals surface area contributed by atoms with Crippen LogP contribution < -0.4 is 5.32 Å². The Hall–Kier alpha value is -1.26. The number of nitrogens with one attached hydrogen (secondary N) is 1. The van der Waals surface area contributed by atoms with E-state index in [1.165, 1.54) is 0 Å². The van der Waals surface area contributed by atoms with Gasteiger partial charge in [0.15, 0.2) is 0 Å². The van der Waals surface area contributed by atoms with E-state index < -0.39 is 0 Å². The van der Waals surface area contributed by atoms with Crippen LogP contribution in [0.1, 0.15) is 25.3 Å². The van der Waals surface area contributed by atoms with Gasteiger partial charge in [0.2, 0.25) is 5.91 Å². The highest BCUT2D eigenvalue weighted by molar-refractivity contribution is 6.31. The SMILES string of the molecule is COCc1c(Cl)cccc1NC1CCN(C(C)=O)CC1. The monoisotopic (exact) mass is 296 g/mol. The highest BCUT2D eigenvalue weighted by atomic mass is 35.5. The number of hydrogen-bond acceptors (Lipinski definition) is 3. The van der Waals surface area contributed by atoms with Crippen molar-refractivity contribution in [1.82, 2.24) is 4.90 Å².